The maximum Gasteiger partial charge on any atom is 0.224 e. The lowest BCUT2D eigenvalue weighted by Crippen LogP contribution is -2.39. The lowest BCUT2D eigenvalue weighted by molar-refractivity contribution is 0.210. The van der Waals surface area contributed by atoms with Gasteiger partial charge in [0, 0.05) is 38.0 Å². The van der Waals surface area contributed by atoms with Crippen molar-refractivity contribution >= 4 is 11.8 Å². The molecule has 0 bridgehead atoms. The van der Waals surface area contributed by atoms with E-state index in [1.807, 2.05) is 6.92 Å². The Morgan fingerprint density at radius 1 is 1.40 bits per heavy atom. The van der Waals surface area contributed by atoms with Crippen LogP contribution in [0.1, 0.15) is 38.3 Å². The molecule has 1 atom stereocenters. The molecule has 20 heavy (non-hydrogen) atoms. The Labute approximate surface area is 121 Å². The molecule has 1 fully saturated rings. The van der Waals surface area contributed by atoms with Crippen LogP contribution in [0, 0.1) is 6.92 Å². The number of anilines is 2. The van der Waals surface area contributed by atoms with Gasteiger partial charge in [0.15, 0.2) is 0 Å². The standard InChI is InChI=1S/C15H26N4O/c1-4-13-7-5-6-9-19(13)14-11-12(2)17-15(18-14)16-8-10-20-3/h11,13H,4-10H2,1-3H3,(H,16,17,18). The zero-order chi connectivity index (χ0) is 14.4. The number of nitrogens with zero attached hydrogens (tertiary/aromatic N) is 3. The van der Waals surface area contributed by atoms with E-state index in [4.69, 9.17) is 4.74 Å². The second-order valence-electron chi connectivity index (χ2n) is 5.36. The Hall–Kier alpha value is -1.36. The Morgan fingerprint density at radius 3 is 3.00 bits per heavy atom. The van der Waals surface area contributed by atoms with E-state index in [-0.39, 0.29) is 0 Å². The van der Waals surface area contributed by atoms with E-state index in [2.05, 4.69) is 33.2 Å². The molecule has 5 nitrogen and oxygen atoms in total. The molecular formula is C15H26N4O. The Bertz CT molecular complexity index is 424. The van der Waals surface area contributed by atoms with Gasteiger partial charge in [0.2, 0.25) is 5.95 Å². The molecule has 112 valence electrons. The van der Waals surface area contributed by atoms with Crippen molar-refractivity contribution in [2.24, 2.45) is 0 Å². The van der Waals surface area contributed by atoms with E-state index in [9.17, 15) is 0 Å². The second kappa shape index (κ2) is 7.43. The van der Waals surface area contributed by atoms with Gasteiger partial charge in [0.25, 0.3) is 0 Å². The molecule has 0 spiro atoms. The van der Waals surface area contributed by atoms with E-state index >= 15 is 0 Å². The Morgan fingerprint density at radius 2 is 2.25 bits per heavy atom. The lowest BCUT2D eigenvalue weighted by Gasteiger charge is -2.36. The molecule has 2 rings (SSSR count). The average molecular weight is 278 g/mol. The largest absolute Gasteiger partial charge is 0.383 e. The van der Waals surface area contributed by atoms with Crippen LogP contribution < -0.4 is 10.2 Å². The first-order valence-electron chi connectivity index (χ1n) is 7.59. The first kappa shape index (κ1) is 15.0. The summed E-state index contributed by atoms with van der Waals surface area (Å²) >= 11 is 0. The van der Waals surface area contributed by atoms with Crippen LogP contribution in [0.25, 0.3) is 0 Å². The van der Waals surface area contributed by atoms with E-state index in [1.165, 1.54) is 25.7 Å². The average Bonchev–Trinajstić information content (AvgIpc) is 2.47. The number of ether oxygens (including phenoxy) is 1. The van der Waals surface area contributed by atoms with Crippen molar-refractivity contribution < 1.29 is 4.74 Å². The SMILES string of the molecule is CCC1CCCCN1c1cc(C)nc(NCCOC)n1. The predicted octanol–water partition coefficient (Wildman–Crippen LogP) is 2.61. The summed E-state index contributed by atoms with van der Waals surface area (Å²) in [4.78, 5) is 11.6. The van der Waals surface area contributed by atoms with Gasteiger partial charge < -0.3 is 15.0 Å². The zero-order valence-corrected chi connectivity index (χ0v) is 12.9. The number of aromatic nitrogens is 2. The number of methoxy groups -OCH3 is 1. The van der Waals surface area contributed by atoms with Crippen LogP contribution in [-0.2, 0) is 4.74 Å². The number of hydrogen-bond donors (Lipinski definition) is 1. The van der Waals surface area contributed by atoms with Gasteiger partial charge in [0.1, 0.15) is 5.82 Å². The minimum atomic E-state index is 0.616. The number of rotatable bonds is 6. The molecule has 1 aromatic heterocycles. The van der Waals surface area contributed by atoms with Crippen LogP contribution >= 0.6 is 0 Å². The highest BCUT2D eigenvalue weighted by Crippen LogP contribution is 2.26. The Balaban J connectivity index is 2.13. The van der Waals surface area contributed by atoms with E-state index in [0.717, 1.165) is 24.6 Å². The molecule has 1 aromatic rings. The monoisotopic (exact) mass is 278 g/mol. The van der Waals surface area contributed by atoms with E-state index < -0.39 is 0 Å². The minimum Gasteiger partial charge on any atom is -0.383 e. The van der Waals surface area contributed by atoms with Gasteiger partial charge in [-0.3, -0.25) is 0 Å². The van der Waals surface area contributed by atoms with Gasteiger partial charge in [-0.05, 0) is 32.6 Å². The van der Waals surface area contributed by atoms with Crippen molar-refractivity contribution in [3.8, 4) is 0 Å². The summed E-state index contributed by atoms with van der Waals surface area (Å²) in [6.07, 6.45) is 5.03. The molecule has 0 amide bonds. The Kier molecular flexibility index (Phi) is 5.59. The van der Waals surface area contributed by atoms with Crippen molar-refractivity contribution in [2.75, 3.05) is 37.0 Å². The molecule has 0 radical (unpaired) electrons. The topological polar surface area (TPSA) is 50.3 Å². The fourth-order valence-electron chi connectivity index (χ4n) is 2.77. The summed E-state index contributed by atoms with van der Waals surface area (Å²) in [5, 5.41) is 3.22. The van der Waals surface area contributed by atoms with Gasteiger partial charge >= 0.3 is 0 Å². The zero-order valence-electron chi connectivity index (χ0n) is 12.9. The molecule has 0 saturated carbocycles. The molecule has 1 saturated heterocycles. The van der Waals surface area contributed by atoms with Crippen molar-refractivity contribution in [1.82, 2.24) is 9.97 Å². The van der Waals surface area contributed by atoms with Crippen molar-refractivity contribution in [3.63, 3.8) is 0 Å². The van der Waals surface area contributed by atoms with Crippen LogP contribution in [0.4, 0.5) is 11.8 Å². The third kappa shape index (κ3) is 3.82. The quantitative estimate of drug-likeness (QED) is 0.811. The third-order valence-corrected chi connectivity index (χ3v) is 3.82. The van der Waals surface area contributed by atoms with E-state index in [1.54, 1.807) is 7.11 Å². The maximum atomic E-state index is 5.05. The molecule has 1 N–H and O–H groups in total. The minimum absolute atomic E-state index is 0.616. The number of hydrogen-bond acceptors (Lipinski definition) is 5. The van der Waals surface area contributed by atoms with Crippen LogP contribution in [0.5, 0.6) is 0 Å². The highest BCUT2D eigenvalue weighted by atomic mass is 16.5. The first-order valence-corrected chi connectivity index (χ1v) is 7.59. The lowest BCUT2D eigenvalue weighted by atomic mass is 10.00. The summed E-state index contributed by atoms with van der Waals surface area (Å²) in [6, 6.07) is 2.71. The molecule has 5 heteroatoms. The van der Waals surface area contributed by atoms with Gasteiger partial charge in [-0.25, -0.2) is 4.98 Å². The number of aryl methyl sites for hydroxylation is 1. The first-order chi connectivity index (χ1) is 9.74. The molecule has 0 aliphatic carbocycles. The summed E-state index contributed by atoms with van der Waals surface area (Å²) < 4.78 is 5.05. The summed E-state index contributed by atoms with van der Waals surface area (Å²) in [5.74, 6) is 1.77. The summed E-state index contributed by atoms with van der Waals surface area (Å²) in [6.45, 7) is 6.78. The number of nitrogens with one attached hydrogen (secondary N) is 1. The van der Waals surface area contributed by atoms with Crippen LogP contribution in [0.3, 0.4) is 0 Å². The van der Waals surface area contributed by atoms with Crippen LogP contribution in [-0.4, -0.2) is 42.8 Å². The summed E-state index contributed by atoms with van der Waals surface area (Å²) in [5.41, 5.74) is 1.01. The van der Waals surface area contributed by atoms with Gasteiger partial charge in [0.05, 0.1) is 6.61 Å². The van der Waals surface area contributed by atoms with Gasteiger partial charge in [-0.2, -0.15) is 4.98 Å². The van der Waals surface area contributed by atoms with Gasteiger partial charge in [-0.15, -0.1) is 0 Å². The maximum absolute atomic E-state index is 5.05. The molecule has 1 aliphatic rings. The third-order valence-electron chi connectivity index (χ3n) is 3.82. The van der Waals surface area contributed by atoms with E-state index in [0.29, 0.717) is 18.6 Å². The van der Waals surface area contributed by atoms with Crippen molar-refractivity contribution in [3.05, 3.63) is 11.8 Å². The number of piperidine rings is 1. The molecule has 0 aromatic carbocycles. The predicted molar refractivity (Wildman–Crippen MR) is 82.4 cm³/mol. The highest BCUT2D eigenvalue weighted by Gasteiger charge is 2.22. The van der Waals surface area contributed by atoms with Crippen LogP contribution in [0.15, 0.2) is 6.07 Å². The molecular weight excluding hydrogens is 252 g/mol. The normalized spacial score (nSPS) is 19.1. The molecule has 1 unspecified atom stereocenters. The molecule has 2 heterocycles. The van der Waals surface area contributed by atoms with Crippen molar-refractivity contribution in [1.29, 1.82) is 0 Å². The van der Waals surface area contributed by atoms with Crippen molar-refractivity contribution in [2.45, 2.75) is 45.6 Å². The van der Waals surface area contributed by atoms with Gasteiger partial charge in [-0.1, -0.05) is 6.92 Å². The fourth-order valence-corrected chi connectivity index (χ4v) is 2.77. The highest BCUT2D eigenvalue weighted by molar-refractivity contribution is 5.46. The molecule has 1 aliphatic heterocycles. The summed E-state index contributed by atoms with van der Waals surface area (Å²) in [7, 11) is 1.70. The van der Waals surface area contributed by atoms with Crippen LogP contribution in [0.2, 0.25) is 0 Å². The second-order valence-corrected chi connectivity index (χ2v) is 5.36. The fraction of sp³-hybridized carbons (Fsp3) is 0.733. The smallest absolute Gasteiger partial charge is 0.224 e.